The summed E-state index contributed by atoms with van der Waals surface area (Å²) in [4.78, 5) is 11.7. The molecule has 0 amide bonds. The number of carbonyl (C=O) groups excluding carboxylic acids is 1. The number of aliphatic hydroxyl groups is 2. The van der Waals surface area contributed by atoms with Crippen LogP contribution in [0.3, 0.4) is 0 Å². The summed E-state index contributed by atoms with van der Waals surface area (Å²) in [6, 6.07) is 0. The minimum atomic E-state index is -4.75. The van der Waals surface area contributed by atoms with Gasteiger partial charge in [-0.3, -0.25) is 4.18 Å². The van der Waals surface area contributed by atoms with Crippen LogP contribution in [0, 0.1) is 34.5 Å². The number of ether oxygens (including phenoxy) is 1. The van der Waals surface area contributed by atoms with Gasteiger partial charge >= 0.3 is 57.4 Å². The molecule has 4 saturated carbocycles. The summed E-state index contributed by atoms with van der Waals surface area (Å²) in [6.07, 6.45) is 7.22. The molecule has 4 fully saturated rings. The van der Waals surface area contributed by atoms with Crippen LogP contribution < -0.4 is 51.4 Å². The summed E-state index contributed by atoms with van der Waals surface area (Å²) in [7, 11) is -4.75. The van der Waals surface area contributed by atoms with Gasteiger partial charge in [0.05, 0.1) is 11.7 Å². The van der Waals surface area contributed by atoms with E-state index in [0.717, 1.165) is 37.7 Å². The second-order valence-electron chi connectivity index (χ2n) is 11.1. The zero-order chi connectivity index (χ0) is 22.9. The van der Waals surface area contributed by atoms with Gasteiger partial charge < -0.3 is 19.5 Å². The predicted octanol–water partition coefficient (Wildman–Crippen LogP) is -0.935. The molecule has 0 bridgehead atoms. The van der Waals surface area contributed by atoms with Crippen LogP contribution in [0.1, 0.15) is 64.7 Å². The molecule has 0 saturated heterocycles. The van der Waals surface area contributed by atoms with E-state index in [1.165, 1.54) is 0 Å². The van der Waals surface area contributed by atoms with Crippen molar-refractivity contribution in [3.63, 3.8) is 0 Å². The maximum Gasteiger partial charge on any atom is 1.00 e. The average molecular weight is 509 g/mol. The number of hydrogen-bond donors (Lipinski definition) is 2. The maximum absolute atomic E-state index is 12.2. The zero-order valence-electron chi connectivity index (χ0n) is 19.5. The normalized spacial score (nSPS) is 47.0. The van der Waals surface area contributed by atoms with Gasteiger partial charge in [-0.15, -0.1) is 0 Å². The van der Waals surface area contributed by atoms with Crippen molar-refractivity contribution in [3.05, 3.63) is 11.6 Å². The number of hydrogen-bond acceptors (Lipinski definition) is 8. The van der Waals surface area contributed by atoms with Crippen molar-refractivity contribution in [2.75, 3.05) is 13.2 Å². The minimum Gasteiger partial charge on any atom is -0.726 e. The number of rotatable bonds is 4. The minimum absolute atomic E-state index is 0. The van der Waals surface area contributed by atoms with Crippen LogP contribution in [0.5, 0.6) is 0 Å². The van der Waals surface area contributed by atoms with E-state index in [2.05, 4.69) is 6.92 Å². The first-order valence-corrected chi connectivity index (χ1v) is 13.2. The van der Waals surface area contributed by atoms with Gasteiger partial charge in [-0.05, 0) is 92.4 Å². The molecule has 0 unspecified atom stereocenters. The van der Waals surface area contributed by atoms with E-state index in [4.69, 9.17) is 8.92 Å². The van der Waals surface area contributed by atoms with E-state index in [9.17, 15) is 28.0 Å². The Hall–Kier alpha value is 0.636. The SMILES string of the molecule is C[C@]12CC[C@H]3[C@@H](CC[C@H]4C[C@@H](OS(=O)(=O)[O-])CC[C@@]43CO)[C@@]1(O)CC[C@@H]2C1=CC(=O)OC1.[K+]. The molecule has 8 atom stereocenters. The fourth-order valence-corrected chi connectivity index (χ4v) is 9.24. The Labute approximate surface area is 238 Å². The number of fused-ring (bicyclic) bond motifs is 5. The summed E-state index contributed by atoms with van der Waals surface area (Å²) in [5.41, 5.74) is -0.592. The predicted molar refractivity (Wildman–Crippen MR) is 112 cm³/mol. The van der Waals surface area contributed by atoms with Crippen LogP contribution in [0.25, 0.3) is 0 Å². The largest absolute Gasteiger partial charge is 1.00 e. The molecular weight excluding hydrogens is 475 g/mol. The summed E-state index contributed by atoms with van der Waals surface area (Å²) in [6.45, 7) is 2.47. The monoisotopic (exact) mass is 508 g/mol. The van der Waals surface area contributed by atoms with Crippen LogP contribution in [0.4, 0.5) is 0 Å². The molecule has 5 aliphatic rings. The molecular formula is C23H33KO8S. The van der Waals surface area contributed by atoms with Gasteiger partial charge in [0.15, 0.2) is 0 Å². The van der Waals surface area contributed by atoms with Gasteiger partial charge in [-0.25, -0.2) is 13.2 Å². The maximum atomic E-state index is 12.2. The fourth-order valence-electron chi connectivity index (χ4n) is 8.73. The van der Waals surface area contributed by atoms with Crippen molar-refractivity contribution in [1.82, 2.24) is 0 Å². The standard InChI is InChI=1S/C23H34O8S.K/c1-21-7-5-18-19(23(21,26)9-6-17(21)14-10-20(25)30-12-14)3-2-15-11-16(31-32(27,28)29)4-8-22(15,18)13-24;/h10,15-19,24,26H,2-9,11-13H2,1H3,(H,27,28,29);/q;+1/p-1/t15-,16-,17+,18-,19+,21+,22+,23-;/m0./s1. The zero-order valence-corrected chi connectivity index (χ0v) is 23.4. The number of cyclic esters (lactones) is 1. The molecule has 0 aromatic carbocycles. The molecule has 5 rings (SSSR count). The van der Waals surface area contributed by atoms with Crippen molar-refractivity contribution in [2.24, 2.45) is 34.5 Å². The van der Waals surface area contributed by atoms with Crippen molar-refractivity contribution in [1.29, 1.82) is 0 Å². The van der Waals surface area contributed by atoms with Crippen molar-refractivity contribution in [2.45, 2.75) is 76.4 Å². The first-order chi connectivity index (χ1) is 15.0. The van der Waals surface area contributed by atoms with Gasteiger partial charge in [-0.1, -0.05) is 6.92 Å². The number of carbonyl (C=O) groups is 1. The third-order valence-corrected chi connectivity index (χ3v) is 10.7. The van der Waals surface area contributed by atoms with Crippen LogP contribution in [-0.2, 0) is 24.1 Å². The smallest absolute Gasteiger partial charge is 0.726 e. The fraction of sp³-hybridized carbons (Fsp3) is 0.870. The molecule has 1 aliphatic heterocycles. The van der Waals surface area contributed by atoms with Gasteiger partial charge in [-0.2, -0.15) is 0 Å². The quantitative estimate of drug-likeness (QED) is 0.215. The Morgan fingerprint density at radius 2 is 1.91 bits per heavy atom. The molecule has 8 nitrogen and oxygen atoms in total. The number of aliphatic hydroxyl groups excluding tert-OH is 1. The van der Waals surface area contributed by atoms with Crippen molar-refractivity contribution in [3.8, 4) is 0 Å². The first kappa shape index (κ1) is 26.7. The first-order valence-electron chi connectivity index (χ1n) is 11.9. The summed E-state index contributed by atoms with van der Waals surface area (Å²) in [5.74, 6) is 0.0842. The van der Waals surface area contributed by atoms with E-state index in [-0.39, 0.29) is 98.5 Å². The van der Waals surface area contributed by atoms with E-state index >= 15 is 0 Å². The molecule has 0 aromatic heterocycles. The Morgan fingerprint density at radius 3 is 2.55 bits per heavy atom. The van der Waals surface area contributed by atoms with Crippen LogP contribution in [0.15, 0.2) is 11.6 Å². The third-order valence-electron chi connectivity index (χ3n) is 10.2. The third kappa shape index (κ3) is 4.18. The summed E-state index contributed by atoms with van der Waals surface area (Å²) in [5, 5.41) is 22.8. The van der Waals surface area contributed by atoms with E-state index in [0.29, 0.717) is 32.3 Å². The van der Waals surface area contributed by atoms with Gasteiger partial charge in [0, 0.05) is 18.1 Å². The van der Waals surface area contributed by atoms with E-state index < -0.39 is 22.1 Å². The summed E-state index contributed by atoms with van der Waals surface area (Å²) >= 11 is 0. The molecule has 33 heavy (non-hydrogen) atoms. The molecule has 0 spiro atoms. The molecule has 4 aliphatic carbocycles. The molecule has 180 valence electrons. The van der Waals surface area contributed by atoms with Gasteiger partial charge in [0.25, 0.3) is 0 Å². The van der Waals surface area contributed by atoms with E-state index in [1.54, 1.807) is 6.08 Å². The second kappa shape index (κ2) is 9.18. The molecule has 10 heteroatoms. The number of esters is 1. The summed E-state index contributed by atoms with van der Waals surface area (Å²) < 4.78 is 43.3. The molecule has 0 radical (unpaired) electrons. The average Bonchev–Trinajstić information content (AvgIpc) is 3.26. The van der Waals surface area contributed by atoms with Crippen LogP contribution in [-0.4, -0.2) is 54.1 Å². The topological polar surface area (TPSA) is 133 Å². The van der Waals surface area contributed by atoms with Crippen LogP contribution in [0.2, 0.25) is 0 Å². The van der Waals surface area contributed by atoms with Crippen molar-refractivity contribution < 1.29 is 88.3 Å². The Bertz CT molecular complexity index is 937. The second-order valence-corrected chi connectivity index (χ2v) is 12.1. The van der Waals surface area contributed by atoms with Gasteiger partial charge in [0.1, 0.15) is 6.61 Å². The Morgan fingerprint density at radius 1 is 1.15 bits per heavy atom. The molecule has 1 heterocycles. The molecule has 0 aromatic rings. The molecule has 2 N–H and O–H groups in total. The Balaban J connectivity index is 0.00000259. The van der Waals surface area contributed by atoms with Crippen molar-refractivity contribution >= 4 is 16.4 Å². The Kier molecular flexibility index (Phi) is 7.43. The van der Waals surface area contributed by atoms with Gasteiger partial charge in [0.2, 0.25) is 10.4 Å². The van der Waals surface area contributed by atoms with E-state index in [1.807, 2.05) is 0 Å². The van der Waals surface area contributed by atoms with Crippen LogP contribution >= 0.6 is 0 Å².